The number of hydrogen-bond acceptors (Lipinski definition) is 5. The van der Waals surface area contributed by atoms with Gasteiger partial charge in [0.15, 0.2) is 0 Å². The molecule has 2 atom stereocenters. The Morgan fingerprint density at radius 2 is 2.29 bits per heavy atom. The van der Waals surface area contributed by atoms with E-state index in [2.05, 4.69) is 15.3 Å². The first-order valence-electron chi connectivity index (χ1n) is 7.44. The molecule has 6 heteroatoms. The van der Waals surface area contributed by atoms with Gasteiger partial charge in [-0.3, -0.25) is 4.79 Å². The number of carboxylic acid groups (broad SMARTS) is 1. The van der Waals surface area contributed by atoms with E-state index in [1.807, 2.05) is 13.8 Å². The zero-order chi connectivity index (χ0) is 15.5. The zero-order valence-corrected chi connectivity index (χ0v) is 12.8. The molecule has 2 N–H and O–H groups in total. The molecule has 1 heterocycles. The van der Waals surface area contributed by atoms with E-state index in [1.165, 1.54) is 0 Å². The molecule has 0 aromatic carbocycles. The van der Waals surface area contributed by atoms with Gasteiger partial charge in [-0.25, -0.2) is 4.98 Å². The van der Waals surface area contributed by atoms with Crippen LogP contribution in [0.3, 0.4) is 0 Å². The normalized spacial score (nSPS) is 25.4. The number of nitrogens with zero attached hydrogens (tertiary/aromatic N) is 2. The van der Waals surface area contributed by atoms with Crippen LogP contribution in [0.5, 0.6) is 5.88 Å². The third kappa shape index (κ3) is 3.43. The van der Waals surface area contributed by atoms with E-state index in [0.29, 0.717) is 24.9 Å². The van der Waals surface area contributed by atoms with E-state index in [9.17, 15) is 9.90 Å². The average Bonchev–Trinajstić information content (AvgIpc) is 2.41. The smallest absolute Gasteiger partial charge is 0.311 e. The second kappa shape index (κ2) is 6.28. The Morgan fingerprint density at radius 1 is 1.52 bits per heavy atom. The van der Waals surface area contributed by atoms with Crippen LogP contribution in [-0.2, 0) is 4.79 Å². The van der Waals surface area contributed by atoms with Gasteiger partial charge in [0.05, 0.1) is 12.0 Å². The number of aliphatic carboxylic acids is 1. The lowest BCUT2D eigenvalue weighted by atomic mass is 9.72. The second-order valence-corrected chi connectivity index (χ2v) is 5.77. The molecule has 0 spiro atoms. The number of carboxylic acids is 1. The van der Waals surface area contributed by atoms with Crippen molar-refractivity contribution in [3.8, 4) is 5.88 Å². The number of aryl methyl sites for hydroxylation is 1. The maximum atomic E-state index is 11.6. The highest BCUT2D eigenvalue weighted by atomic mass is 16.5. The molecule has 1 fully saturated rings. The first-order chi connectivity index (χ1) is 9.95. The summed E-state index contributed by atoms with van der Waals surface area (Å²) in [5, 5.41) is 12.7. The van der Waals surface area contributed by atoms with E-state index >= 15 is 0 Å². The SMILES string of the molecule is CCOc1cc(C)nc(NC2CCCCC2(C)C(=O)O)n1. The maximum Gasteiger partial charge on any atom is 0.311 e. The van der Waals surface area contributed by atoms with Crippen molar-refractivity contribution in [2.75, 3.05) is 11.9 Å². The molecule has 0 saturated heterocycles. The van der Waals surface area contributed by atoms with Crippen molar-refractivity contribution in [1.82, 2.24) is 9.97 Å². The lowest BCUT2D eigenvalue weighted by Crippen LogP contribution is -2.47. The summed E-state index contributed by atoms with van der Waals surface area (Å²) in [6.07, 6.45) is 3.44. The molecule has 1 aromatic heterocycles. The minimum Gasteiger partial charge on any atom is -0.481 e. The summed E-state index contributed by atoms with van der Waals surface area (Å²) in [4.78, 5) is 20.3. The van der Waals surface area contributed by atoms with Crippen LogP contribution < -0.4 is 10.1 Å². The van der Waals surface area contributed by atoms with Crippen LogP contribution in [0.25, 0.3) is 0 Å². The molecule has 21 heavy (non-hydrogen) atoms. The Balaban J connectivity index is 2.21. The van der Waals surface area contributed by atoms with Gasteiger partial charge in [0.2, 0.25) is 11.8 Å². The number of carbonyl (C=O) groups is 1. The van der Waals surface area contributed by atoms with Crippen molar-refractivity contribution in [2.24, 2.45) is 5.41 Å². The fourth-order valence-corrected chi connectivity index (χ4v) is 2.80. The monoisotopic (exact) mass is 293 g/mol. The maximum absolute atomic E-state index is 11.6. The van der Waals surface area contributed by atoms with Crippen molar-refractivity contribution >= 4 is 11.9 Å². The van der Waals surface area contributed by atoms with Crippen LogP contribution in [0.1, 0.15) is 45.2 Å². The zero-order valence-electron chi connectivity index (χ0n) is 12.8. The Kier molecular flexibility index (Phi) is 4.65. The number of hydrogen-bond donors (Lipinski definition) is 2. The third-order valence-corrected chi connectivity index (χ3v) is 4.12. The Labute approximate surface area is 124 Å². The van der Waals surface area contributed by atoms with Crippen molar-refractivity contribution < 1.29 is 14.6 Å². The lowest BCUT2D eigenvalue weighted by Gasteiger charge is -2.38. The average molecular weight is 293 g/mol. The predicted octanol–water partition coefficient (Wildman–Crippen LogP) is 2.63. The molecule has 0 bridgehead atoms. The van der Waals surface area contributed by atoms with Gasteiger partial charge in [-0.15, -0.1) is 0 Å². The highest BCUT2D eigenvalue weighted by molar-refractivity contribution is 5.76. The molecule has 0 aliphatic heterocycles. The van der Waals surface area contributed by atoms with Crippen molar-refractivity contribution in [3.63, 3.8) is 0 Å². The molecule has 2 unspecified atom stereocenters. The summed E-state index contributed by atoms with van der Waals surface area (Å²) >= 11 is 0. The fraction of sp³-hybridized carbons (Fsp3) is 0.667. The Hall–Kier alpha value is -1.85. The summed E-state index contributed by atoms with van der Waals surface area (Å²) in [5.74, 6) is 0.190. The first kappa shape index (κ1) is 15.5. The lowest BCUT2D eigenvalue weighted by molar-refractivity contribution is -0.150. The van der Waals surface area contributed by atoms with Crippen molar-refractivity contribution in [3.05, 3.63) is 11.8 Å². The van der Waals surface area contributed by atoms with Gasteiger partial charge < -0.3 is 15.2 Å². The molecule has 0 amide bonds. The molecule has 2 rings (SSSR count). The minimum atomic E-state index is -0.781. The molecule has 1 aromatic rings. The second-order valence-electron chi connectivity index (χ2n) is 5.77. The van der Waals surface area contributed by atoms with E-state index in [4.69, 9.17) is 4.74 Å². The van der Waals surface area contributed by atoms with Gasteiger partial charge in [-0.1, -0.05) is 12.8 Å². The molecule has 0 radical (unpaired) electrons. The largest absolute Gasteiger partial charge is 0.481 e. The molecule has 6 nitrogen and oxygen atoms in total. The molecular formula is C15H23N3O3. The predicted molar refractivity (Wildman–Crippen MR) is 79.6 cm³/mol. The van der Waals surface area contributed by atoms with Gasteiger partial charge in [-0.2, -0.15) is 4.98 Å². The number of rotatable bonds is 5. The molecule has 1 aliphatic rings. The van der Waals surface area contributed by atoms with Crippen molar-refractivity contribution in [1.29, 1.82) is 0 Å². The van der Waals surface area contributed by atoms with Crippen LogP contribution in [0, 0.1) is 12.3 Å². The number of aromatic nitrogens is 2. The third-order valence-electron chi connectivity index (χ3n) is 4.12. The summed E-state index contributed by atoms with van der Waals surface area (Å²) in [7, 11) is 0. The van der Waals surface area contributed by atoms with Gasteiger partial charge in [0, 0.05) is 17.8 Å². The molecule has 1 aliphatic carbocycles. The number of anilines is 1. The fourth-order valence-electron chi connectivity index (χ4n) is 2.80. The molecule has 116 valence electrons. The summed E-state index contributed by atoms with van der Waals surface area (Å²) in [5.41, 5.74) is 0.0146. The standard InChI is InChI=1S/C15H23N3O3/c1-4-21-12-9-10(2)16-14(18-12)17-11-7-5-6-8-15(11,3)13(19)20/h9,11H,4-8H2,1-3H3,(H,19,20)(H,16,17,18). The van der Waals surface area contributed by atoms with E-state index in [0.717, 1.165) is 25.0 Å². The van der Waals surface area contributed by atoms with Gasteiger partial charge >= 0.3 is 5.97 Å². The van der Waals surface area contributed by atoms with Crippen LogP contribution in [0.15, 0.2) is 6.07 Å². The minimum absolute atomic E-state index is 0.167. The van der Waals surface area contributed by atoms with Crippen molar-refractivity contribution in [2.45, 2.75) is 52.5 Å². The Morgan fingerprint density at radius 3 is 2.95 bits per heavy atom. The first-order valence-corrected chi connectivity index (χ1v) is 7.44. The Bertz CT molecular complexity index is 521. The highest BCUT2D eigenvalue weighted by Crippen LogP contribution is 2.37. The van der Waals surface area contributed by atoms with E-state index in [-0.39, 0.29) is 6.04 Å². The molecule has 1 saturated carbocycles. The van der Waals surface area contributed by atoms with Gasteiger partial charge in [-0.05, 0) is 33.6 Å². The van der Waals surface area contributed by atoms with Crippen LogP contribution >= 0.6 is 0 Å². The number of ether oxygens (including phenoxy) is 1. The quantitative estimate of drug-likeness (QED) is 0.868. The summed E-state index contributed by atoms with van der Waals surface area (Å²) in [6, 6.07) is 1.60. The molecular weight excluding hydrogens is 270 g/mol. The van der Waals surface area contributed by atoms with Crippen LogP contribution in [0.4, 0.5) is 5.95 Å². The summed E-state index contributed by atoms with van der Waals surface area (Å²) < 4.78 is 5.41. The number of nitrogens with one attached hydrogen (secondary N) is 1. The van der Waals surface area contributed by atoms with Gasteiger partial charge in [0.1, 0.15) is 0 Å². The highest BCUT2D eigenvalue weighted by Gasteiger charge is 2.43. The van der Waals surface area contributed by atoms with Gasteiger partial charge in [0.25, 0.3) is 0 Å². The van der Waals surface area contributed by atoms with Crippen LogP contribution in [0.2, 0.25) is 0 Å². The van der Waals surface area contributed by atoms with E-state index in [1.54, 1.807) is 13.0 Å². The topological polar surface area (TPSA) is 84.3 Å². The summed E-state index contributed by atoms with van der Waals surface area (Å²) in [6.45, 7) is 6.09. The van der Waals surface area contributed by atoms with Crippen LogP contribution in [-0.4, -0.2) is 33.7 Å². The van der Waals surface area contributed by atoms with E-state index < -0.39 is 11.4 Å².